The summed E-state index contributed by atoms with van der Waals surface area (Å²) in [4.78, 5) is 53.8. The summed E-state index contributed by atoms with van der Waals surface area (Å²) in [6, 6.07) is 10.1. The van der Waals surface area contributed by atoms with Gasteiger partial charge in [-0.05, 0) is 67.7 Å². The number of aryl methyl sites for hydroxylation is 2. The molecule has 2 aromatic carbocycles. The maximum atomic E-state index is 15.3. The molecule has 4 unspecified atom stereocenters. The van der Waals surface area contributed by atoms with Crippen molar-refractivity contribution in [3.05, 3.63) is 64.5 Å². The zero-order valence-electron chi connectivity index (χ0n) is 35.0. The van der Waals surface area contributed by atoms with E-state index in [0.29, 0.717) is 78.8 Å². The Morgan fingerprint density at radius 3 is 2.53 bits per heavy atom. The van der Waals surface area contributed by atoms with Gasteiger partial charge in [-0.3, -0.25) is 29.3 Å². The smallest absolute Gasteiger partial charge is 0.301 e. The molecule has 5 aromatic rings. The number of carbonyl (C=O) groups excluding carboxylic acids is 2. The number of pyridine rings is 1. The molecule has 326 valence electrons. The predicted molar refractivity (Wildman–Crippen MR) is 229 cm³/mol. The molecule has 4 atom stereocenters. The normalized spacial score (nSPS) is 24.4. The maximum absolute atomic E-state index is 15.3. The molecule has 4 aliphatic heterocycles. The first-order valence-corrected chi connectivity index (χ1v) is 21.6. The average Bonchev–Trinajstić information content (AvgIpc) is 4.06. The number of rotatable bonds is 8. The van der Waals surface area contributed by atoms with Crippen LogP contribution in [-0.4, -0.2) is 105 Å². The van der Waals surface area contributed by atoms with Crippen molar-refractivity contribution in [1.29, 1.82) is 0 Å². The van der Waals surface area contributed by atoms with Crippen molar-refractivity contribution in [2.75, 3.05) is 72.9 Å². The molecule has 4 fully saturated rings. The summed E-state index contributed by atoms with van der Waals surface area (Å²) >= 11 is 0. The highest BCUT2D eigenvalue weighted by Gasteiger charge is 2.51. The Labute approximate surface area is 355 Å². The molecular weight excluding hydrogens is 804 g/mol. The van der Waals surface area contributed by atoms with Crippen molar-refractivity contribution in [2.24, 2.45) is 31.8 Å². The summed E-state index contributed by atoms with van der Waals surface area (Å²) < 4.78 is 54.4. The highest BCUT2D eigenvalue weighted by Crippen LogP contribution is 2.46. The van der Waals surface area contributed by atoms with E-state index >= 15 is 13.2 Å². The van der Waals surface area contributed by atoms with Gasteiger partial charge in [-0.2, -0.15) is 10.1 Å². The molecule has 3 N–H and O–H groups in total. The number of piperidine rings is 2. The molecule has 0 bridgehead atoms. The third-order valence-electron chi connectivity index (χ3n) is 13.6. The summed E-state index contributed by atoms with van der Waals surface area (Å²) in [5.74, 6) is -3.98. The Balaban J connectivity index is 0.791. The fourth-order valence-corrected chi connectivity index (χ4v) is 9.98. The number of nitrogens with one attached hydrogen (secondary N) is 3. The molecule has 5 aliphatic rings. The number of ether oxygens (including phenoxy) is 1. The number of alkyl halides is 2. The van der Waals surface area contributed by atoms with Crippen LogP contribution in [0.3, 0.4) is 0 Å². The fourth-order valence-electron chi connectivity index (χ4n) is 9.98. The molecule has 3 saturated heterocycles. The number of carbonyl (C=O) groups is 2. The van der Waals surface area contributed by atoms with E-state index in [1.165, 1.54) is 4.57 Å². The minimum absolute atomic E-state index is 0.0153. The van der Waals surface area contributed by atoms with Gasteiger partial charge < -0.3 is 29.7 Å². The van der Waals surface area contributed by atoms with E-state index in [-0.39, 0.29) is 35.0 Å². The molecular formula is C44H50F3N11O4. The molecule has 7 heterocycles. The lowest BCUT2D eigenvalue weighted by Crippen LogP contribution is -2.50. The number of para-hydroxylation sites is 1. The number of hydrogen-bond acceptors (Lipinski definition) is 12. The number of imide groups is 1. The molecule has 0 radical (unpaired) electrons. The standard InChI is InChI=1S/C44H50F3N11O4/c1-24-21-58(14-13-26(24)22-56-15-17-57(18-16-56)33-6-4-5-28-35(53-55(3)37(28)33)29-10-12-34(59)50-41(29)60)43-48-20-31(45)40(52-43)49-27-9-11-32-30(19-27)36-38(42(61)54(32)2)62-23-44(46,47)39(51-36)25-7-8-25/h4-6,9,11,19-20,24-26,29,39,51H,7-8,10,12-18,21-23H2,1-3H3,(H,48,49,52)(H,50,59,60). The first-order chi connectivity index (χ1) is 29.8. The lowest BCUT2D eigenvalue weighted by molar-refractivity contribution is -0.134. The number of fused-ring (bicyclic) bond motifs is 4. The molecule has 15 nitrogen and oxygen atoms in total. The van der Waals surface area contributed by atoms with Crippen molar-refractivity contribution in [1.82, 2.24) is 34.5 Å². The summed E-state index contributed by atoms with van der Waals surface area (Å²) in [5.41, 5.74) is 3.48. The summed E-state index contributed by atoms with van der Waals surface area (Å²) in [6.45, 7) is 7.25. The van der Waals surface area contributed by atoms with Crippen LogP contribution in [0.5, 0.6) is 5.75 Å². The Bertz CT molecular complexity index is 2660. The molecule has 10 rings (SSSR count). The molecule has 0 spiro atoms. The van der Waals surface area contributed by atoms with Crippen LogP contribution in [0.4, 0.5) is 42.0 Å². The van der Waals surface area contributed by atoms with Crippen LogP contribution in [0, 0.1) is 23.6 Å². The van der Waals surface area contributed by atoms with Gasteiger partial charge in [-0.15, -0.1) is 0 Å². The summed E-state index contributed by atoms with van der Waals surface area (Å²) in [5, 5.41) is 14.8. The van der Waals surface area contributed by atoms with E-state index < -0.39 is 35.9 Å². The third kappa shape index (κ3) is 7.24. The van der Waals surface area contributed by atoms with Gasteiger partial charge in [-0.25, -0.2) is 18.2 Å². The van der Waals surface area contributed by atoms with Crippen LogP contribution >= 0.6 is 0 Å². The van der Waals surface area contributed by atoms with Crippen LogP contribution in [-0.2, 0) is 23.7 Å². The average molecular weight is 854 g/mol. The molecule has 62 heavy (non-hydrogen) atoms. The van der Waals surface area contributed by atoms with E-state index in [0.717, 1.165) is 61.9 Å². The molecule has 3 aromatic heterocycles. The SMILES string of the molecule is CC1CN(c2ncc(F)c(Nc3ccc4c(c3)c3c(c(=O)n4C)OCC(F)(F)C(C4CC4)N3)n2)CCC1CN1CCN(c2cccc3c(C4CCC(=O)NC4=O)nn(C)c23)CC1. The van der Waals surface area contributed by atoms with Crippen LogP contribution in [0.25, 0.3) is 21.8 Å². The van der Waals surface area contributed by atoms with Crippen molar-refractivity contribution in [2.45, 2.75) is 56.9 Å². The van der Waals surface area contributed by atoms with E-state index in [4.69, 9.17) is 9.84 Å². The maximum Gasteiger partial charge on any atom is 0.301 e. The number of hydrogen-bond donors (Lipinski definition) is 3. The molecule has 2 amide bonds. The monoisotopic (exact) mass is 853 g/mol. The lowest BCUT2D eigenvalue weighted by atomic mass is 9.86. The van der Waals surface area contributed by atoms with Gasteiger partial charge in [0.15, 0.2) is 18.2 Å². The van der Waals surface area contributed by atoms with Crippen molar-refractivity contribution >= 4 is 62.4 Å². The van der Waals surface area contributed by atoms with Gasteiger partial charge >= 0.3 is 5.92 Å². The van der Waals surface area contributed by atoms with Crippen molar-refractivity contribution < 1.29 is 27.5 Å². The fraction of sp³-hybridized carbons (Fsp3) is 0.500. The number of piperazine rings is 1. The van der Waals surface area contributed by atoms with E-state index in [2.05, 4.69) is 53.6 Å². The van der Waals surface area contributed by atoms with Crippen molar-refractivity contribution in [3.8, 4) is 5.75 Å². The highest BCUT2D eigenvalue weighted by molar-refractivity contribution is 6.04. The first-order valence-electron chi connectivity index (χ1n) is 21.6. The second-order valence-electron chi connectivity index (χ2n) is 17.7. The van der Waals surface area contributed by atoms with Gasteiger partial charge in [-0.1, -0.05) is 19.1 Å². The second kappa shape index (κ2) is 15.5. The van der Waals surface area contributed by atoms with Crippen molar-refractivity contribution in [3.63, 3.8) is 0 Å². The minimum atomic E-state index is -3.16. The van der Waals surface area contributed by atoms with Gasteiger partial charge in [0, 0.05) is 82.8 Å². The van der Waals surface area contributed by atoms with Gasteiger partial charge in [0.25, 0.3) is 5.56 Å². The van der Waals surface area contributed by atoms with Gasteiger partial charge in [0.2, 0.25) is 23.5 Å². The second-order valence-corrected chi connectivity index (χ2v) is 17.7. The Kier molecular flexibility index (Phi) is 10.0. The molecule has 1 aliphatic carbocycles. The van der Waals surface area contributed by atoms with Gasteiger partial charge in [0.1, 0.15) is 0 Å². The Morgan fingerprint density at radius 2 is 1.77 bits per heavy atom. The Hall–Kier alpha value is -5.91. The summed E-state index contributed by atoms with van der Waals surface area (Å²) in [7, 11) is 3.48. The van der Waals surface area contributed by atoms with Crippen LogP contribution < -0.4 is 36.0 Å². The van der Waals surface area contributed by atoms with Gasteiger partial charge in [0.05, 0.1) is 46.3 Å². The van der Waals surface area contributed by atoms with E-state index in [1.54, 1.807) is 25.2 Å². The van der Waals surface area contributed by atoms with Crippen LogP contribution in [0.15, 0.2) is 47.4 Å². The van der Waals surface area contributed by atoms with Crippen LogP contribution in [0.1, 0.15) is 50.6 Å². The molecule has 18 heteroatoms. The minimum Gasteiger partial charge on any atom is -0.480 e. The summed E-state index contributed by atoms with van der Waals surface area (Å²) in [6.07, 6.45) is 4.19. The number of nitrogens with zero attached hydrogens (tertiary/aromatic N) is 8. The topological polar surface area (TPSA) is 155 Å². The number of amides is 2. The molecule has 1 saturated carbocycles. The zero-order valence-corrected chi connectivity index (χ0v) is 35.0. The number of benzene rings is 2. The number of anilines is 5. The van der Waals surface area contributed by atoms with E-state index in [9.17, 15) is 14.4 Å². The lowest BCUT2D eigenvalue weighted by Gasteiger charge is -2.42. The predicted octanol–water partition coefficient (Wildman–Crippen LogP) is 5.12. The van der Waals surface area contributed by atoms with E-state index in [1.807, 2.05) is 23.9 Å². The first kappa shape index (κ1) is 40.2. The van der Waals surface area contributed by atoms with Crippen LogP contribution in [0.2, 0.25) is 0 Å². The number of aromatic nitrogens is 5. The number of halogens is 3. The highest BCUT2D eigenvalue weighted by atomic mass is 19.3. The zero-order chi connectivity index (χ0) is 43.0. The Morgan fingerprint density at radius 1 is 0.968 bits per heavy atom. The quantitative estimate of drug-likeness (QED) is 0.178. The largest absolute Gasteiger partial charge is 0.480 e. The third-order valence-corrected chi connectivity index (χ3v) is 13.6.